The molecule has 17 heavy (non-hydrogen) atoms. The number of piperazine rings is 1. The molecule has 1 heterocycles. The molecule has 3 heteroatoms. The van der Waals surface area contributed by atoms with Gasteiger partial charge in [0.2, 0.25) is 0 Å². The van der Waals surface area contributed by atoms with E-state index < -0.39 is 5.60 Å². The van der Waals surface area contributed by atoms with E-state index >= 15 is 0 Å². The number of aliphatic hydroxyl groups is 1. The highest BCUT2D eigenvalue weighted by Gasteiger charge is 2.23. The molecule has 1 aromatic rings. The lowest BCUT2D eigenvalue weighted by atomic mass is 9.95. The standard InChI is InChI=1S/C14H22N2O/c1-14(2,17)12-6-4-5-7-13(12)16-10-8-15(3)9-11-16/h4-7,17H,8-11H2,1-3H3. The third-order valence-corrected chi connectivity index (χ3v) is 3.41. The summed E-state index contributed by atoms with van der Waals surface area (Å²) >= 11 is 0. The van der Waals surface area contributed by atoms with Crippen LogP contribution in [0.25, 0.3) is 0 Å². The van der Waals surface area contributed by atoms with Gasteiger partial charge in [-0.05, 0) is 27.0 Å². The van der Waals surface area contributed by atoms with Crippen LogP contribution in [0.1, 0.15) is 19.4 Å². The van der Waals surface area contributed by atoms with E-state index in [1.807, 2.05) is 32.0 Å². The van der Waals surface area contributed by atoms with Gasteiger partial charge in [0.25, 0.3) is 0 Å². The zero-order valence-corrected chi connectivity index (χ0v) is 11.0. The zero-order valence-electron chi connectivity index (χ0n) is 11.0. The Morgan fingerprint density at radius 1 is 1.06 bits per heavy atom. The summed E-state index contributed by atoms with van der Waals surface area (Å²) in [5.41, 5.74) is 1.41. The van der Waals surface area contributed by atoms with E-state index in [4.69, 9.17) is 0 Å². The van der Waals surface area contributed by atoms with Crippen molar-refractivity contribution in [2.45, 2.75) is 19.4 Å². The van der Waals surface area contributed by atoms with Gasteiger partial charge in [-0.25, -0.2) is 0 Å². The third-order valence-electron chi connectivity index (χ3n) is 3.41. The summed E-state index contributed by atoms with van der Waals surface area (Å²) < 4.78 is 0. The first-order valence-corrected chi connectivity index (χ1v) is 6.24. The van der Waals surface area contributed by atoms with Crippen molar-refractivity contribution in [3.05, 3.63) is 29.8 Å². The molecule has 0 spiro atoms. The van der Waals surface area contributed by atoms with E-state index in [0.29, 0.717) is 0 Å². The van der Waals surface area contributed by atoms with Crippen LogP contribution >= 0.6 is 0 Å². The summed E-state index contributed by atoms with van der Waals surface area (Å²) in [5, 5.41) is 10.2. The average Bonchev–Trinajstić information content (AvgIpc) is 2.29. The van der Waals surface area contributed by atoms with Crippen LogP contribution in [0.5, 0.6) is 0 Å². The van der Waals surface area contributed by atoms with Crippen LogP contribution < -0.4 is 4.90 Å². The molecule has 3 nitrogen and oxygen atoms in total. The second-order valence-corrected chi connectivity index (χ2v) is 5.37. The van der Waals surface area contributed by atoms with Gasteiger partial charge >= 0.3 is 0 Å². The van der Waals surface area contributed by atoms with Gasteiger partial charge in [-0.1, -0.05) is 18.2 Å². The van der Waals surface area contributed by atoms with Crippen LogP contribution in [0.2, 0.25) is 0 Å². The van der Waals surface area contributed by atoms with Crippen LogP contribution in [0.3, 0.4) is 0 Å². The fourth-order valence-corrected chi connectivity index (χ4v) is 2.31. The SMILES string of the molecule is CN1CCN(c2ccccc2C(C)(C)O)CC1. The maximum absolute atomic E-state index is 10.2. The Labute approximate surface area is 104 Å². The van der Waals surface area contributed by atoms with Gasteiger partial charge in [-0.3, -0.25) is 0 Å². The molecule has 0 atom stereocenters. The molecule has 1 aromatic carbocycles. The van der Waals surface area contributed by atoms with Gasteiger partial charge in [0.05, 0.1) is 5.60 Å². The maximum Gasteiger partial charge on any atom is 0.0860 e. The number of benzene rings is 1. The number of nitrogens with zero attached hydrogens (tertiary/aromatic N) is 2. The van der Waals surface area contributed by atoms with E-state index in [1.165, 1.54) is 5.69 Å². The molecule has 1 aliphatic heterocycles. The summed E-state index contributed by atoms with van der Waals surface area (Å²) in [7, 11) is 2.15. The van der Waals surface area contributed by atoms with Crippen molar-refractivity contribution in [3.8, 4) is 0 Å². The predicted octanol–water partition coefficient (Wildman–Crippen LogP) is 1.67. The lowest BCUT2D eigenvalue weighted by Crippen LogP contribution is -2.45. The molecule has 0 bridgehead atoms. The number of anilines is 1. The lowest BCUT2D eigenvalue weighted by molar-refractivity contribution is 0.0789. The van der Waals surface area contributed by atoms with E-state index in [9.17, 15) is 5.11 Å². The Balaban J connectivity index is 2.26. The quantitative estimate of drug-likeness (QED) is 0.843. The van der Waals surface area contributed by atoms with Crippen LogP contribution in [0, 0.1) is 0 Å². The molecule has 1 aliphatic rings. The van der Waals surface area contributed by atoms with Gasteiger partial charge in [0.1, 0.15) is 0 Å². The molecule has 94 valence electrons. The van der Waals surface area contributed by atoms with Crippen LogP contribution in [-0.2, 0) is 5.60 Å². The van der Waals surface area contributed by atoms with Crippen molar-refractivity contribution >= 4 is 5.69 Å². The Hall–Kier alpha value is -1.06. The average molecular weight is 234 g/mol. The highest BCUT2D eigenvalue weighted by Crippen LogP contribution is 2.30. The minimum atomic E-state index is -0.778. The van der Waals surface area contributed by atoms with Crippen molar-refractivity contribution in [2.24, 2.45) is 0 Å². The van der Waals surface area contributed by atoms with E-state index in [1.54, 1.807) is 0 Å². The molecule has 0 radical (unpaired) electrons. The third kappa shape index (κ3) is 2.79. The van der Waals surface area contributed by atoms with E-state index in [2.05, 4.69) is 22.9 Å². The smallest absolute Gasteiger partial charge is 0.0860 e. The van der Waals surface area contributed by atoms with Crippen molar-refractivity contribution in [1.82, 2.24) is 4.90 Å². The van der Waals surface area contributed by atoms with E-state index in [0.717, 1.165) is 31.7 Å². The molecule has 0 amide bonds. The first-order valence-electron chi connectivity index (χ1n) is 6.24. The Morgan fingerprint density at radius 2 is 1.65 bits per heavy atom. The monoisotopic (exact) mass is 234 g/mol. The molecule has 2 rings (SSSR count). The second kappa shape index (κ2) is 4.67. The van der Waals surface area contributed by atoms with Crippen LogP contribution in [0.4, 0.5) is 5.69 Å². The summed E-state index contributed by atoms with van der Waals surface area (Å²) in [5.74, 6) is 0. The molecule has 1 N–H and O–H groups in total. The van der Waals surface area contributed by atoms with Gasteiger partial charge in [-0.15, -0.1) is 0 Å². The number of hydrogen-bond donors (Lipinski definition) is 1. The van der Waals surface area contributed by atoms with E-state index in [-0.39, 0.29) is 0 Å². The summed E-state index contributed by atoms with van der Waals surface area (Å²) in [6.07, 6.45) is 0. The van der Waals surface area contributed by atoms with Gasteiger partial charge in [0, 0.05) is 37.4 Å². The van der Waals surface area contributed by atoms with Crippen molar-refractivity contribution in [1.29, 1.82) is 0 Å². The van der Waals surface area contributed by atoms with Gasteiger partial charge < -0.3 is 14.9 Å². The molecule has 1 saturated heterocycles. The number of hydrogen-bond acceptors (Lipinski definition) is 3. The fourth-order valence-electron chi connectivity index (χ4n) is 2.31. The van der Waals surface area contributed by atoms with Crippen molar-refractivity contribution < 1.29 is 5.11 Å². The largest absolute Gasteiger partial charge is 0.386 e. The molecule has 0 saturated carbocycles. The van der Waals surface area contributed by atoms with Crippen LogP contribution in [0.15, 0.2) is 24.3 Å². The molecule has 0 aliphatic carbocycles. The summed E-state index contributed by atoms with van der Waals surface area (Å²) in [4.78, 5) is 4.70. The molecule has 0 aromatic heterocycles. The maximum atomic E-state index is 10.2. The first-order chi connectivity index (χ1) is 7.98. The first kappa shape index (κ1) is 12.4. The second-order valence-electron chi connectivity index (χ2n) is 5.37. The highest BCUT2D eigenvalue weighted by molar-refractivity contribution is 5.56. The zero-order chi connectivity index (χ0) is 12.5. The minimum absolute atomic E-state index is 0.778. The van der Waals surface area contributed by atoms with Crippen LogP contribution in [-0.4, -0.2) is 43.2 Å². The molecule has 1 fully saturated rings. The van der Waals surface area contributed by atoms with Gasteiger partial charge in [0.15, 0.2) is 0 Å². The fraction of sp³-hybridized carbons (Fsp3) is 0.571. The number of rotatable bonds is 2. The Kier molecular flexibility index (Phi) is 3.40. The normalized spacial score (nSPS) is 18.5. The summed E-state index contributed by atoms with van der Waals surface area (Å²) in [6.45, 7) is 7.93. The molecular weight excluding hydrogens is 212 g/mol. The van der Waals surface area contributed by atoms with Crippen molar-refractivity contribution in [3.63, 3.8) is 0 Å². The Morgan fingerprint density at radius 3 is 2.24 bits per heavy atom. The topological polar surface area (TPSA) is 26.7 Å². The lowest BCUT2D eigenvalue weighted by Gasteiger charge is -2.36. The summed E-state index contributed by atoms with van der Waals surface area (Å²) in [6, 6.07) is 8.17. The van der Waals surface area contributed by atoms with Gasteiger partial charge in [-0.2, -0.15) is 0 Å². The predicted molar refractivity (Wildman–Crippen MR) is 71.4 cm³/mol. The molecular formula is C14H22N2O. The number of para-hydroxylation sites is 1. The Bertz CT molecular complexity index is 376. The minimum Gasteiger partial charge on any atom is -0.386 e. The highest BCUT2D eigenvalue weighted by atomic mass is 16.3. The van der Waals surface area contributed by atoms with Crippen molar-refractivity contribution in [2.75, 3.05) is 38.1 Å². The number of likely N-dealkylation sites (N-methyl/N-ethyl adjacent to an activating group) is 1. The molecule has 0 unspecified atom stereocenters.